The molecule has 98 valence electrons. The molecule has 1 aromatic rings. The Hall–Kier alpha value is -0.650. The van der Waals surface area contributed by atoms with E-state index >= 15 is 0 Å². The molecule has 4 nitrogen and oxygen atoms in total. The number of hydrogen-bond donors (Lipinski definition) is 0. The third-order valence-electron chi connectivity index (χ3n) is 3.82. The highest BCUT2D eigenvalue weighted by Gasteiger charge is 2.46. The van der Waals surface area contributed by atoms with E-state index in [0.29, 0.717) is 0 Å². The molecule has 0 radical (unpaired) electrons. The van der Waals surface area contributed by atoms with Gasteiger partial charge in [0.2, 0.25) is 10.0 Å². The van der Waals surface area contributed by atoms with Crippen LogP contribution in [0.2, 0.25) is 0 Å². The highest BCUT2D eigenvalue weighted by molar-refractivity contribution is 7.89. The van der Waals surface area contributed by atoms with E-state index in [1.165, 1.54) is 6.20 Å². The van der Waals surface area contributed by atoms with Crippen molar-refractivity contribution >= 4 is 21.6 Å². The second-order valence-corrected chi connectivity index (χ2v) is 7.44. The average molecular weight is 287 g/mol. The summed E-state index contributed by atoms with van der Waals surface area (Å²) in [7, 11) is -3.41. The molecule has 1 aromatic heterocycles. The van der Waals surface area contributed by atoms with Crippen LogP contribution in [0.5, 0.6) is 0 Å². The van der Waals surface area contributed by atoms with Gasteiger partial charge in [-0.2, -0.15) is 4.31 Å². The number of sulfonamides is 1. The monoisotopic (exact) mass is 286 g/mol. The SMILES string of the molecule is O=S(=O)(c1cccnc1)N1C2CCC1CC(Cl)C2. The summed E-state index contributed by atoms with van der Waals surface area (Å²) in [5.41, 5.74) is 0. The topological polar surface area (TPSA) is 50.3 Å². The van der Waals surface area contributed by atoms with Crippen molar-refractivity contribution in [3.05, 3.63) is 24.5 Å². The number of piperidine rings is 1. The van der Waals surface area contributed by atoms with Crippen LogP contribution in [0, 0.1) is 0 Å². The molecule has 2 aliphatic rings. The van der Waals surface area contributed by atoms with Gasteiger partial charge in [0.25, 0.3) is 0 Å². The third-order valence-corrected chi connectivity index (χ3v) is 6.16. The maximum Gasteiger partial charge on any atom is 0.245 e. The number of pyridine rings is 1. The van der Waals surface area contributed by atoms with E-state index < -0.39 is 10.0 Å². The Balaban J connectivity index is 1.96. The zero-order valence-corrected chi connectivity index (χ0v) is 11.4. The van der Waals surface area contributed by atoms with Crippen molar-refractivity contribution in [2.24, 2.45) is 0 Å². The van der Waals surface area contributed by atoms with E-state index in [4.69, 9.17) is 11.6 Å². The number of halogens is 1. The van der Waals surface area contributed by atoms with Crippen molar-refractivity contribution in [2.75, 3.05) is 0 Å². The van der Waals surface area contributed by atoms with Gasteiger partial charge in [-0.05, 0) is 37.8 Å². The van der Waals surface area contributed by atoms with Crippen molar-refractivity contribution in [3.63, 3.8) is 0 Å². The van der Waals surface area contributed by atoms with Crippen molar-refractivity contribution in [1.82, 2.24) is 9.29 Å². The van der Waals surface area contributed by atoms with Crippen molar-refractivity contribution in [1.29, 1.82) is 0 Å². The summed E-state index contributed by atoms with van der Waals surface area (Å²) in [6.07, 6.45) is 6.37. The predicted octanol–water partition coefficient (Wildman–Crippen LogP) is 2.00. The summed E-state index contributed by atoms with van der Waals surface area (Å²) in [5.74, 6) is 0. The number of hydrogen-bond acceptors (Lipinski definition) is 3. The molecule has 0 N–H and O–H groups in total. The van der Waals surface area contributed by atoms with Crippen LogP contribution in [0.1, 0.15) is 25.7 Å². The van der Waals surface area contributed by atoms with Crippen LogP contribution < -0.4 is 0 Å². The number of alkyl halides is 1. The van der Waals surface area contributed by atoms with Crippen LogP contribution in [0.25, 0.3) is 0 Å². The van der Waals surface area contributed by atoms with Crippen LogP contribution in [-0.2, 0) is 10.0 Å². The number of aromatic nitrogens is 1. The molecule has 2 bridgehead atoms. The maximum atomic E-state index is 12.6. The molecule has 6 heteroatoms. The van der Waals surface area contributed by atoms with E-state index in [1.807, 2.05) is 0 Å². The number of rotatable bonds is 2. The molecule has 0 aliphatic carbocycles. The van der Waals surface area contributed by atoms with Gasteiger partial charge < -0.3 is 0 Å². The first-order valence-corrected chi connectivity index (χ1v) is 8.04. The minimum atomic E-state index is -3.41. The molecule has 0 amide bonds. The summed E-state index contributed by atoms with van der Waals surface area (Å²) in [4.78, 5) is 4.19. The molecule has 2 unspecified atom stereocenters. The Labute approximate surface area is 112 Å². The maximum absolute atomic E-state index is 12.6. The lowest BCUT2D eigenvalue weighted by atomic mass is 10.1. The Morgan fingerprint density at radius 2 is 1.94 bits per heavy atom. The van der Waals surface area contributed by atoms with E-state index in [0.717, 1.165) is 25.7 Å². The Bertz CT molecular complexity index is 520. The highest BCUT2D eigenvalue weighted by atomic mass is 35.5. The molecule has 3 heterocycles. The molecule has 3 rings (SSSR count). The van der Waals surface area contributed by atoms with Gasteiger partial charge >= 0.3 is 0 Å². The Morgan fingerprint density at radius 3 is 2.50 bits per heavy atom. The molecule has 0 spiro atoms. The zero-order valence-electron chi connectivity index (χ0n) is 9.87. The quantitative estimate of drug-likeness (QED) is 0.782. The number of fused-ring (bicyclic) bond motifs is 2. The second-order valence-electron chi connectivity index (χ2n) is 4.98. The van der Waals surface area contributed by atoms with Gasteiger partial charge in [0.1, 0.15) is 4.90 Å². The normalized spacial score (nSPS) is 32.6. The lowest BCUT2D eigenvalue weighted by Gasteiger charge is -2.35. The van der Waals surface area contributed by atoms with Crippen molar-refractivity contribution < 1.29 is 8.42 Å². The lowest BCUT2D eigenvalue weighted by Crippen LogP contribution is -2.46. The minimum absolute atomic E-state index is 0.0662. The molecule has 0 aromatic carbocycles. The first-order valence-electron chi connectivity index (χ1n) is 6.16. The number of nitrogens with zero attached hydrogens (tertiary/aromatic N) is 2. The van der Waals surface area contributed by atoms with Gasteiger partial charge in [0.15, 0.2) is 0 Å². The van der Waals surface area contributed by atoms with Gasteiger partial charge in [-0.15, -0.1) is 11.6 Å². The fourth-order valence-electron chi connectivity index (χ4n) is 3.08. The van der Waals surface area contributed by atoms with Gasteiger partial charge in [-0.1, -0.05) is 0 Å². The van der Waals surface area contributed by atoms with E-state index in [2.05, 4.69) is 4.98 Å². The first-order chi connectivity index (χ1) is 8.59. The van der Waals surface area contributed by atoms with Crippen LogP contribution in [0.15, 0.2) is 29.4 Å². The van der Waals surface area contributed by atoms with Crippen LogP contribution in [-0.4, -0.2) is 35.2 Å². The van der Waals surface area contributed by atoms with Crippen LogP contribution >= 0.6 is 11.6 Å². The molecule has 0 saturated carbocycles. The third kappa shape index (κ3) is 1.94. The summed E-state index contributed by atoms with van der Waals surface area (Å²) in [6.45, 7) is 0. The van der Waals surface area contributed by atoms with Crippen molar-refractivity contribution in [2.45, 2.75) is 48.0 Å². The fraction of sp³-hybridized carbons (Fsp3) is 0.583. The Kier molecular flexibility index (Phi) is 3.08. The van der Waals surface area contributed by atoms with Crippen molar-refractivity contribution in [3.8, 4) is 0 Å². The molecular weight excluding hydrogens is 272 g/mol. The smallest absolute Gasteiger partial charge is 0.245 e. The molecule has 2 atom stereocenters. The van der Waals surface area contributed by atoms with Gasteiger partial charge in [-0.25, -0.2) is 8.42 Å². The Morgan fingerprint density at radius 1 is 1.28 bits per heavy atom. The highest BCUT2D eigenvalue weighted by Crippen LogP contribution is 2.41. The first kappa shape index (κ1) is 12.4. The largest absolute Gasteiger partial charge is 0.263 e. The molecule has 2 saturated heterocycles. The van der Waals surface area contributed by atoms with E-state index in [1.54, 1.807) is 22.6 Å². The molecular formula is C12H15ClN2O2S. The molecule has 2 aliphatic heterocycles. The van der Waals surface area contributed by atoms with E-state index in [9.17, 15) is 8.42 Å². The van der Waals surface area contributed by atoms with E-state index in [-0.39, 0.29) is 22.4 Å². The summed E-state index contributed by atoms with van der Waals surface area (Å²) in [5, 5.41) is 0.114. The molecule has 18 heavy (non-hydrogen) atoms. The predicted molar refractivity (Wildman–Crippen MR) is 68.9 cm³/mol. The fourth-order valence-corrected chi connectivity index (χ4v) is 5.35. The summed E-state index contributed by atoms with van der Waals surface area (Å²) in [6, 6.07) is 3.39. The second kappa shape index (κ2) is 4.47. The standard InChI is InChI=1S/C12H15ClN2O2S/c13-9-6-10-3-4-11(7-9)15(10)18(16,17)12-2-1-5-14-8-12/h1-2,5,8-11H,3-4,6-7H2. The lowest BCUT2D eigenvalue weighted by molar-refractivity contribution is 0.251. The van der Waals surface area contributed by atoms with Gasteiger partial charge in [0.05, 0.1) is 0 Å². The van der Waals surface area contributed by atoms with Gasteiger partial charge in [-0.3, -0.25) is 4.98 Å². The van der Waals surface area contributed by atoms with Crippen LogP contribution in [0.4, 0.5) is 0 Å². The average Bonchev–Trinajstić information content (AvgIpc) is 2.64. The summed E-state index contributed by atoms with van der Waals surface area (Å²) >= 11 is 6.17. The summed E-state index contributed by atoms with van der Waals surface area (Å²) < 4.78 is 26.9. The zero-order chi connectivity index (χ0) is 12.8. The molecule has 2 fully saturated rings. The van der Waals surface area contributed by atoms with Gasteiger partial charge in [0, 0.05) is 29.9 Å². The minimum Gasteiger partial charge on any atom is -0.263 e. The van der Waals surface area contributed by atoms with Crippen LogP contribution in [0.3, 0.4) is 0 Å².